The van der Waals surface area contributed by atoms with Gasteiger partial charge in [-0.25, -0.2) is 0 Å². The highest BCUT2D eigenvalue weighted by molar-refractivity contribution is 5.99. The van der Waals surface area contributed by atoms with Crippen molar-refractivity contribution in [3.63, 3.8) is 0 Å². The van der Waals surface area contributed by atoms with Crippen LogP contribution in [-0.4, -0.2) is 183 Å². The first-order valence-corrected chi connectivity index (χ1v) is 23.9. The maximum atomic E-state index is 13.7. The Kier molecular flexibility index (Phi) is 26.6. The molecule has 0 aliphatic carbocycles. The zero-order chi connectivity index (χ0) is 54.6. The van der Waals surface area contributed by atoms with Gasteiger partial charge in [-0.15, -0.1) is 0 Å². The molecule has 404 valence electrons. The molecule has 0 bridgehead atoms. The number of carbonyl (C=O) groups excluding carboxylic acids is 10. The summed E-state index contributed by atoms with van der Waals surface area (Å²) in [5.41, 5.74) is 5.31. The van der Waals surface area contributed by atoms with Gasteiger partial charge in [0.1, 0.15) is 54.4 Å². The van der Waals surface area contributed by atoms with Crippen molar-refractivity contribution in [2.24, 2.45) is 23.5 Å². The van der Waals surface area contributed by atoms with Crippen molar-refractivity contribution < 1.29 is 73.2 Å². The van der Waals surface area contributed by atoms with Gasteiger partial charge in [-0.05, 0) is 84.7 Å². The highest BCUT2D eigenvalue weighted by Gasteiger charge is 2.38. The van der Waals surface area contributed by atoms with Crippen molar-refractivity contribution in [1.82, 2.24) is 52.8 Å². The van der Waals surface area contributed by atoms with Crippen LogP contribution < -0.4 is 53.6 Å². The van der Waals surface area contributed by atoms with E-state index < -0.39 is 163 Å². The summed E-state index contributed by atoms with van der Waals surface area (Å²) in [5, 5.41) is 62.1. The van der Waals surface area contributed by atoms with Crippen molar-refractivity contribution in [2.75, 3.05) is 20.2 Å². The Labute approximate surface area is 414 Å². The number of likely N-dealkylation sites (tertiary alicyclic amines) is 1. The Bertz CT molecular complexity index is 1880. The predicted molar refractivity (Wildman–Crippen MR) is 255 cm³/mol. The number of primary amides is 1. The van der Waals surface area contributed by atoms with Crippen LogP contribution >= 0.6 is 0 Å². The van der Waals surface area contributed by atoms with Crippen molar-refractivity contribution in [2.45, 2.75) is 180 Å². The molecule has 1 saturated heterocycles. The lowest BCUT2D eigenvalue weighted by Crippen LogP contribution is -2.63. The summed E-state index contributed by atoms with van der Waals surface area (Å²) in [7, 11) is 1.81. The number of nitrogens with one attached hydrogen (secondary N) is 9. The number of hydrogen-bond acceptors (Lipinski definition) is 15. The van der Waals surface area contributed by atoms with E-state index in [1.807, 2.05) is 18.7 Å². The highest BCUT2D eigenvalue weighted by atomic mass is 16.4. The molecular formula is C45H79N11O15. The number of carboxylic acids is 1. The first-order chi connectivity index (χ1) is 33.0. The topological polar surface area (TPSA) is 406 Å². The molecule has 15 N–H and O–H groups in total. The predicted octanol–water partition coefficient (Wildman–Crippen LogP) is -4.66. The third kappa shape index (κ3) is 20.7. The van der Waals surface area contributed by atoms with Gasteiger partial charge in [-0.3, -0.25) is 57.6 Å². The Balaban J connectivity index is 3.22. The van der Waals surface area contributed by atoms with E-state index in [9.17, 15) is 73.2 Å². The zero-order valence-electron chi connectivity index (χ0n) is 42.6. The van der Waals surface area contributed by atoms with Gasteiger partial charge in [-0.1, -0.05) is 48.0 Å². The molecule has 13 atom stereocenters. The van der Waals surface area contributed by atoms with E-state index in [4.69, 9.17) is 5.73 Å². The smallest absolute Gasteiger partial charge is 0.325 e. The molecule has 26 nitrogen and oxygen atoms in total. The molecule has 1 aliphatic heterocycles. The summed E-state index contributed by atoms with van der Waals surface area (Å²) >= 11 is 0. The molecule has 10 amide bonds. The zero-order valence-corrected chi connectivity index (χ0v) is 42.6. The monoisotopic (exact) mass is 1010 g/mol. The van der Waals surface area contributed by atoms with Gasteiger partial charge >= 0.3 is 5.97 Å². The van der Waals surface area contributed by atoms with Crippen molar-refractivity contribution in [3.8, 4) is 0 Å². The molecule has 71 heavy (non-hydrogen) atoms. The summed E-state index contributed by atoms with van der Waals surface area (Å²) < 4.78 is 0. The summed E-state index contributed by atoms with van der Waals surface area (Å²) in [4.78, 5) is 146. The van der Waals surface area contributed by atoms with E-state index in [1.165, 1.54) is 13.8 Å². The Morgan fingerprint density at radius 2 is 1.03 bits per heavy atom. The van der Waals surface area contributed by atoms with Crippen molar-refractivity contribution in [3.05, 3.63) is 0 Å². The molecule has 1 rings (SSSR count). The minimum Gasteiger partial charge on any atom is -0.480 e. The van der Waals surface area contributed by atoms with Crippen LogP contribution in [-0.2, 0) is 52.7 Å². The third-order valence-corrected chi connectivity index (χ3v) is 11.9. The number of carbonyl (C=O) groups is 11. The lowest BCUT2D eigenvalue weighted by atomic mass is 9.97. The summed E-state index contributed by atoms with van der Waals surface area (Å²) in [6, 6.07) is -13.8. The molecule has 0 saturated carbocycles. The van der Waals surface area contributed by atoms with Crippen LogP contribution in [0.4, 0.5) is 0 Å². The fourth-order valence-electron chi connectivity index (χ4n) is 7.31. The second-order valence-electron chi connectivity index (χ2n) is 19.0. The van der Waals surface area contributed by atoms with Crippen LogP contribution in [0.2, 0.25) is 0 Å². The molecule has 1 aliphatic rings. The Morgan fingerprint density at radius 1 is 0.577 bits per heavy atom. The van der Waals surface area contributed by atoms with Gasteiger partial charge in [0, 0.05) is 6.42 Å². The molecule has 0 aromatic heterocycles. The molecule has 1 fully saturated rings. The standard InChI is InChI=1S/C45H79N11O15/c1-12-22(6)33(42(67)48-24(8)45(70)71)53-36(61)23(7)47-43(68)34(25(9)58)54-37(62)27(15-16-31(46)60)49-44(69)35(26(10)59)55-39(64)29(19-57)51-41(66)32(21(4)5)52-38(63)28(18-20(2)3)50-40(65)30-14-13-17-56(30)11/h20-30,32-35,57-59H,12-19H2,1-11H3,(H2,46,60)(H,47,68)(H,48,67)(H,49,69)(H,50,65)(H,51,66)(H,52,63)(H,53,61)(H,54,62)(H,55,64)(H,70,71)/t22-,23-,24-,25+,26+,27-,28-,29-,30-,32-,33-,34-,35-/m0/s1. The minimum atomic E-state index is -1.89. The number of nitrogens with two attached hydrogens (primary N) is 1. The fraction of sp³-hybridized carbons (Fsp3) is 0.756. The van der Waals surface area contributed by atoms with Crippen molar-refractivity contribution in [1.29, 1.82) is 0 Å². The van der Waals surface area contributed by atoms with E-state index in [1.54, 1.807) is 34.7 Å². The van der Waals surface area contributed by atoms with E-state index in [0.29, 0.717) is 12.8 Å². The molecular weight excluding hydrogens is 935 g/mol. The van der Waals surface area contributed by atoms with Crippen LogP contribution in [0.3, 0.4) is 0 Å². The number of nitrogens with zero attached hydrogens (tertiary/aromatic N) is 1. The van der Waals surface area contributed by atoms with Gasteiger partial charge < -0.3 is 74.0 Å². The molecule has 0 aromatic carbocycles. The van der Waals surface area contributed by atoms with Crippen LogP contribution in [0, 0.1) is 17.8 Å². The van der Waals surface area contributed by atoms with Gasteiger partial charge in [0.15, 0.2) is 0 Å². The summed E-state index contributed by atoms with van der Waals surface area (Å²) in [6.45, 7) is 14.7. The number of likely N-dealkylation sites (N-methyl/N-ethyl adjacent to an activating group) is 1. The molecule has 1 heterocycles. The van der Waals surface area contributed by atoms with Crippen molar-refractivity contribution >= 4 is 65.0 Å². The third-order valence-electron chi connectivity index (χ3n) is 11.9. The van der Waals surface area contributed by atoms with E-state index >= 15 is 0 Å². The van der Waals surface area contributed by atoms with E-state index in [2.05, 4.69) is 47.9 Å². The maximum Gasteiger partial charge on any atom is 0.325 e. The molecule has 0 aromatic rings. The number of amides is 10. The lowest BCUT2D eigenvalue weighted by molar-refractivity contribution is -0.142. The lowest BCUT2D eigenvalue weighted by Gasteiger charge is -2.29. The quantitative estimate of drug-likeness (QED) is 0.0322. The van der Waals surface area contributed by atoms with Crippen LogP contribution in [0.15, 0.2) is 0 Å². The largest absolute Gasteiger partial charge is 0.480 e. The molecule has 0 radical (unpaired) electrons. The summed E-state index contributed by atoms with van der Waals surface area (Å²) in [6.07, 6.45) is -2.31. The average Bonchev–Trinajstić information content (AvgIpc) is 3.72. The SMILES string of the molecule is CC[C@H](C)[C@H](NC(=O)[C@H](C)NC(=O)[C@@H](NC(=O)[C@H](CCC(N)=O)NC(=O)[C@@H](NC(=O)[C@H](CO)NC(=O)[C@@H](NC(=O)[C@H](CC(C)C)NC(=O)[C@@H]1CCCN1C)C(C)C)[C@@H](C)O)[C@@H](C)O)C(=O)N[C@@H](C)C(=O)O. The van der Waals surface area contributed by atoms with E-state index in [-0.39, 0.29) is 18.2 Å². The number of aliphatic carboxylic acids is 1. The second-order valence-corrected chi connectivity index (χ2v) is 19.0. The number of rotatable bonds is 30. The van der Waals surface area contributed by atoms with Gasteiger partial charge in [-0.2, -0.15) is 0 Å². The fourth-order valence-corrected chi connectivity index (χ4v) is 7.31. The molecule has 0 unspecified atom stereocenters. The Hall–Kier alpha value is -5.99. The van der Waals surface area contributed by atoms with Gasteiger partial charge in [0.2, 0.25) is 59.1 Å². The highest BCUT2D eigenvalue weighted by Crippen LogP contribution is 2.16. The van der Waals surface area contributed by atoms with E-state index in [0.717, 1.165) is 26.8 Å². The number of hydrogen-bond donors (Lipinski definition) is 14. The van der Waals surface area contributed by atoms with Crippen LogP contribution in [0.25, 0.3) is 0 Å². The number of aliphatic hydroxyl groups is 3. The normalized spacial score (nSPS) is 18.8. The first-order valence-electron chi connectivity index (χ1n) is 23.9. The number of carboxylic acid groups (broad SMARTS) is 1. The second kappa shape index (κ2) is 30.0. The average molecular weight is 1010 g/mol. The molecule has 26 heteroatoms. The van der Waals surface area contributed by atoms with Gasteiger partial charge in [0.25, 0.3) is 0 Å². The summed E-state index contributed by atoms with van der Waals surface area (Å²) in [5.74, 6) is -11.6. The maximum absolute atomic E-state index is 13.7. The Morgan fingerprint density at radius 3 is 1.48 bits per heavy atom. The number of aliphatic hydroxyl groups excluding tert-OH is 3. The minimum absolute atomic E-state index is 0.0336. The van der Waals surface area contributed by atoms with Crippen LogP contribution in [0.5, 0.6) is 0 Å². The van der Waals surface area contributed by atoms with Gasteiger partial charge in [0.05, 0.1) is 24.9 Å². The molecule has 0 spiro atoms. The first kappa shape index (κ1) is 63.0. The van der Waals surface area contributed by atoms with Crippen LogP contribution in [0.1, 0.15) is 108 Å².